The van der Waals surface area contributed by atoms with Gasteiger partial charge in [-0.1, -0.05) is 97.7 Å². The number of ether oxygens (including phenoxy) is 8. The van der Waals surface area contributed by atoms with Crippen LogP contribution in [0.4, 0.5) is 0 Å². The van der Waals surface area contributed by atoms with Gasteiger partial charge in [0.1, 0.15) is 61.0 Å². The second-order valence-corrected chi connectivity index (χ2v) is 24.7. The highest BCUT2D eigenvalue weighted by atomic mass is 32.2. The van der Waals surface area contributed by atoms with Crippen molar-refractivity contribution in [2.24, 2.45) is 5.41 Å². The zero-order chi connectivity index (χ0) is 58.0. The molecule has 77 heavy (non-hydrogen) atoms. The van der Waals surface area contributed by atoms with Gasteiger partial charge in [0.15, 0.2) is 0 Å². The summed E-state index contributed by atoms with van der Waals surface area (Å²) < 4.78 is 48.5. The smallest absolute Gasteiger partial charge is 0.307 e. The normalized spacial score (nSPS) is 10.8. The Morgan fingerprint density at radius 1 is 0.325 bits per heavy atom. The Labute approximate surface area is 538 Å². The zero-order valence-corrected chi connectivity index (χ0v) is 55.5. The van der Waals surface area contributed by atoms with Gasteiger partial charge in [0.2, 0.25) is 0 Å². The fourth-order valence-electron chi connectivity index (χ4n) is 5.86. The van der Waals surface area contributed by atoms with Gasteiger partial charge in [-0.15, -0.1) is 101 Å². The highest BCUT2D eigenvalue weighted by molar-refractivity contribution is 8.13. The summed E-state index contributed by atoms with van der Waals surface area (Å²) in [6.45, 7) is 3.75. The second-order valence-electron chi connectivity index (χ2n) is 15.6. The minimum atomic E-state index is -1.07. The molecule has 0 aliphatic carbocycles. The molecule has 0 aromatic rings. The molecule has 0 amide bonds. The van der Waals surface area contributed by atoms with E-state index in [4.69, 9.17) is 136 Å². The van der Waals surface area contributed by atoms with E-state index < -0.39 is 29.3 Å². The van der Waals surface area contributed by atoms with E-state index in [0.717, 1.165) is 0 Å². The lowest BCUT2D eigenvalue weighted by Gasteiger charge is -2.33. The van der Waals surface area contributed by atoms with E-state index in [1.165, 1.54) is 0 Å². The molecule has 0 bridgehead atoms. The van der Waals surface area contributed by atoms with Crippen LogP contribution in [0.2, 0.25) is 0 Å². The SMILES string of the molecule is O=C(CCN(CCNC(=S)S)C(=S)S)OCCOCC(COCCOC(=O)CCN(CCNC(=S)S)C(=S)S)(COCCOC(=O)CCN(CCNC(=S)S)C(=S)S)COCCOC(=O)CCN(CCNC(=S)S)C(=S)S. The van der Waals surface area contributed by atoms with Crippen LogP contribution in [-0.2, 0) is 57.1 Å². The fourth-order valence-corrected chi connectivity index (χ4v) is 8.25. The van der Waals surface area contributed by atoms with Crippen LogP contribution in [0, 0.1) is 5.41 Å². The largest absolute Gasteiger partial charge is 0.463 e. The Morgan fingerprint density at radius 2 is 0.519 bits per heavy atom. The van der Waals surface area contributed by atoms with Crippen LogP contribution in [0.25, 0.3) is 0 Å². The Balaban J connectivity index is 6.01. The molecular weight excluding hydrogens is 1310 g/mol. The molecule has 0 aliphatic rings. The molecule has 0 saturated carbocycles. The summed E-state index contributed by atoms with van der Waals surface area (Å²) in [5.74, 6) is -1.98. The van der Waals surface area contributed by atoms with Crippen LogP contribution in [0.3, 0.4) is 0 Å². The lowest BCUT2D eigenvalue weighted by atomic mass is 9.92. The Bertz CT molecular complexity index is 1650. The summed E-state index contributed by atoms with van der Waals surface area (Å²) >= 11 is 73.7. The van der Waals surface area contributed by atoms with Crippen molar-refractivity contribution in [2.75, 3.05) is 158 Å². The maximum atomic E-state index is 12.7. The van der Waals surface area contributed by atoms with Gasteiger partial charge in [0.25, 0.3) is 0 Å². The topological polar surface area (TPSA) is 203 Å². The monoisotopic (exact) mass is 1380 g/mol. The molecule has 36 heteroatoms. The Morgan fingerprint density at radius 3 is 0.688 bits per heavy atom. The molecule has 0 unspecified atom stereocenters. The van der Waals surface area contributed by atoms with Crippen molar-refractivity contribution >= 4 is 257 Å². The van der Waals surface area contributed by atoms with Gasteiger partial charge >= 0.3 is 23.9 Å². The number of carbonyl (C=O) groups is 4. The number of thiocarbonyl (C=S) groups is 8. The molecule has 0 saturated heterocycles. The van der Waals surface area contributed by atoms with E-state index in [0.29, 0.717) is 86.9 Å². The summed E-state index contributed by atoms with van der Waals surface area (Å²) in [5.41, 5.74) is -1.07. The van der Waals surface area contributed by atoms with Crippen molar-refractivity contribution in [3.05, 3.63) is 0 Å². The third kappa shape index (κ3) is 44.8. The third-order valence-corrected chi connectivity index (χ3v) is 13.0. The quantitative estimate of drug-likeness (QED) is 0.0140. The molecule has 0 spiro atoms. The number of hydrogen-bond acceptors (Lipinski definition) is 20. The first-order valence-electron chi connectivity index (χ1n) is 23.2. The van der Waals surface area contributed by atoms with E-state index in [2.05, 4.69) is 122 Å². The van der Waals surface area contributed by atoms with E-state index in [1.54, 1.807) is 19.6 Å². The standard InChI is InChI=1S/C41H68N8O12S16/c50-29(1-9-46(37(70)71)13-5-42-33(62)63)58-21-17-54-25-41(26-55-18-22-59-30(51)2-10-47(38(72)73)14-6-43-34(64)65,27-56-19-23-60-31(52)3-11-48(39(74)75)15-7-44-35(66)67)28-57-20-24-61-32(53)4-12-49(40(76)77)16-8-45-36(68)69/h1-28H2,(H,70,71)(H,72,73)(H,74,75)(H,76,77)(H2,42,62,63)(H2,43,64,65)(H2,44,66,67)(H2,45,68,69). The Kier molecular flexibility index (Phi) is 47.8. The first-order chi connectivity index (χ1) is 36.5. The minimum absolute atomic E-state index is 0.0167. The molecule has 0 aromatic heterocycles. The Hall–Kier alpha value is -0.360. The maximum Gasteiger partial charge on any atom is 0.307 e. The molecule has 0 aromatic carbocycles. The second kappa shape index (κ2) is 48.1. The van der Waals surface area contributed by atoms with Crippen LogP contribution < -0.4 is 21.3 Å². The highest BCUT2D eigenvalue weighted by Gasteiger charge is 2.33. The molecular formula is C41H68N8O12S16. The average Bonchev–Trinajstić information content (AvgIpc) is 3.34. The molecule has 0 aliphatic heterocycles. The summed E-state index contributed by atoms with van der Waals surface area (Å²) in [5, 5.41) is 11.6. The predicted octanol–water partition coefficient (Wildman–Crippen LogP) is 3.06. The van der Waals surface area contributed by atoms with Crippen molar-refractivity contribution in [1.82, 2.24) is 40.9 Å². The van der Waals surface area contributed by atoms with Crippen molar-refractivity contribution < 1.29 is 57.1 Å². The first kappa shape index (κ1) is 76.6. The summed E-state index contributed by atoms with van der Waals surface area (Å²) in [4.78, 5) is 57.7. The van der Waals surface area contributed by atoms with Gasteiger partial charge in [0, 0.05) is 78.5 Å². The van der Waals surface area contributed by atoms with Gasteiger partial charge in [-0.25, -0.2) is 0 Å². The summed E-state index contributed by atoms with van der Waals surface area (Å²) in [7, 11) is 0. The van der Waals surface area contributed by atoms with E-state index >= 15 is 0 Å². The fraction of sp³-hybridized carbons (Fsp3) is 0.707. The lowest BCUT2D eigenvalue weighted by molar-refractivity contribution is -0.151. The molecule has 0 radical (unpaired) electrons. The van der Waals surface area contributed by atoms with Gasteiger partial charge in [-0.2, -0.15) is 0 Å². The van der Waals surface area contributed by atoms with Crippen molar-refractivity contribution in [3.63, 3.8) is 0 Å². The van der Waals surface area contributed by atoms with E-state index in [9.17, 15) is 19.2 Å². The highest BCUT2D eigenvalue weighted by Crippen LogP contribution is 2.21. The number of nitrogens with zero attached hydrogens (tertiary/aromatic N) is 4. The average molecular weight is 1380 g/mol. The molecule has 4 N–H and O–H groups in total. The number of esters is 4. The minimum Gasteiger partial charge on any atom is -0.463 e. The predicted molar refractivity (Wildman–Crippen MR) is 359 cm³/mol. The molecule has 20 nitrogen and oxygen atoms in total. The van der Waals surface area contributed by atoms with Gasteiger partial charge in [0.05, 0.1) is 84.0 Å². The molecule has 440 valence electrons. The number of thiol groups is 8. The van der Waals surface area contributed by atoms with Crippen molar-refractivity contribution in [2.45, 2.75) is 25.7 Å². The van der Waals surface area contributed by atoms with Crippen LogP contribution in [0.5, 0.6) is 0 Å². The van der Waals surface area contributed by atoms with Crippen LogP contribution >= 0.6 is 199 Å². The molecule has 0 atom stereocenters. The number of carbonyl (C=O) groups excluding carboxylic acids is 4. The van der Waals surface area contributed by atoms with E-state index in [1.807, 2.05) is 0 Å². The zero-order valence-electron chi connectivity index (χ0n) is 41.8. The maximum absolute atomic E-state index is 12.7. The number of nitrogens with one attached hydrogen (secondary N) is 4. The molecule has 0 rings (SSSR count). The van der Waals surface area contributed by atoms with Crippen LogP contribution in [0.1, 0.15) is 25.7 Å². The van der Waals surface area contributed by atoms with Gasteiger partial charge in [-0.3, -0.25) is 19.2 Å². The third-order valence-electron chi connectivity index (χ3n) is 9.65. The molecule has 0 heterocycles. The summed E-state index contributed by atoms with van der Waals surface area (Å²) in [6.07, 6.45) is 0.0668. The van der Waals surface area contributed by atoms with Crippen LogP contribution in [-0.4, -0.2) is 236 Å². The van der Waals surface area contributed by atoms with Crippen molar-refractivity contribution in [3.8, 4) is 0 Å². The molecule has 0 fully saturated rings. The lowest BCUT2D eigenvalue weighted by Crippen LogP contribution is -2.43. The first-order valence-corrected chi connectivity index (χ1v) is 30.0. The summed E-state index contributed by atoms with van der Waals surface area (Å²) in [6, 6.07) is 0. The number of hydrogen-bond donors (Lipinski definition) is 12. The van der Waals surface area contributed by atoms with Gasteiger partial charge < -0.3 is 78.8 Å². The van der Waals surface area contributed by atoms with Crippen molar-refractivity contribution in [1.29, 1.82) is 0 Å². The van der Waals surface area contributed by atoms with Crippen LogP contribution in [0.15, 0.2) is 0 Å². The number of rotatable bonds is 44. The van der Waals surface area contributed by atoms with E-state index in [-0.39, 0.29) is 131 Å². The van der Waals surface area contributed by atoms with Gasteiger partial charge in [-0.05, 0) is 0 Å².